The molecule has 0 aliphatic carbocycles. The van der Waals surface area contributed by atoms with Crippen molar-refractivity contribution < 1.29 is 9.53 Å². The molecule has 0 bridgehead atoms. The summed E-state index contributed by atoms with van der Waals surface area (Å²) in [6.45, 7) is 0.968. The Bertz CT molecular complexity index is 392. The SMILES string of the molecule is NCCN1C(=O)COc2ccc(N)cc21. The highest BCUT2D eigenvalue weighted by molar-refractivity contribution is 5.98. The molecule has 1 aromatic rings. The minimum Gasteiger partial charge on any atom is -0.482 e. The van der Waals surface area contributed by atoms with E-state index in [1.54, 1.807) is 23.1 Å². The minimum atomic E-state index is -0.0847. The van der Waals surface area contributed by atoms with Gasteiger partial charge in [0.1, 0.15) is 5.75 Å². The summed E-state index contributed by atoms with van der Waals surface area (Å²) in [5, 5.41) is 0. The highest BCUT2D eigenvalue weighted by Crippen LogP contribution is 2.33. The summed E-state index contributed by atoms with van der Waals surface area (Å²) in [5.41, 5.74) is 12.4. The number of hydrogen-bond acceptors (Lipinski definition) is 4. The summed E-state index contributed by atoms with van der Waals surface area (Å²) >= 11 is 0. The third-order valence-electron chi connectivity index (χ3n) is 2.28. The van der Waals surface area contributed by atoms with Crippen LogP contribution >= 0.6 is 0 Å². The molecule has 1 amide bonds. The summed E-state index contributed by atoms with van der Waals surface area (Å²) in [4.78, 5) is 13.2. The second kappa shape index (κ2) is 3.78. The van der Waals surface area contributed by atoms with Crippen LogP contribution in [-0.4, -0.2) is 25.6 Å². The van der Waals surface area contributed by atoms with Crippen molar-refractivity contribution in [2.24, 2.45) is 5.73 Å². The quantitative estimate of drug-likeness (QED) is 0.666. The van der Waals surface area contributed by atoms with E-state index in [2.05, 4.69) is 0 Å². The van der Waals surface area contributed by atoms with Gasteiger partial charge in [-0.05, 0) is 18.2 Å². The van der Waals surface area contributed by atoms with Gasteiger partial charge in [0, 0.05) is 18.8 Å². The lowest BCUT2D eigenvalue weighted by Gasteiger charge is -2.29. The fourth-order valence-electron chi connectivity index (χ4n) is 1.59. The summed E-state index contributed by atoms with van der Waals surface area (Å²) in [5.74, 6) is 0.593. The van der Waals surface area contributed by atoms with E-state index in [4.69, 9.17) is 16.2 Å². The normalized spacial score (nSPS) is 14.7. The summed E-state index contributed by atoms with van der Waals surface area (Å²) in [6, 6.07) is 5.23. The molecule has 1 aliphatic heterocycles. The first-order valence-corrected chi connectivity index (χ1v) is 4.75. The lowest BCUT2D eigenvalue weighted by Crippen LogP contribution is -2.41. The average Bonchev–Trinajstić information content (AvgIpc) is 2.23. The van der Waals surface area contributed by atoms with Crippen LogP contribution in [0.3, 0.4) is 0 Å². The van der Waals surface area contributed by atoms with E-state index in [0.29, 0.717) is 30.2 Å². The fraction of sp³-hybridized carbons (Fsp3) is 0.300. The maximum Gasteiger partial charge on any atom is 0.265 e. The molecule has 0 unspecified atom stereocenters. The highest BCUT2D eigenvalue weighted by atomic mass is 16.5. The van der Waals surface area contributed by atoms with Crippen molar-refractivity contribution in [1.29, 1.82) is 0 Å². The van der Waals surface area contributed by atoms with Crippen molar-refractivity contribution in [3.8, 4) is 5.75 Å². The Labute approximate surface area is 87.6 Å². The molecule has 0 saturated heterocycles. The lowest BCUT2D eigenvalue weighted by atomic mass is 10.2. The van der Waals surface area contributed by atoms with E-state index in [0.717, 1.165) is 0 Å². The molecule has 2 rings (SSSR count). The van der Waals surface area contributed by atoms with Crippen molar-refractivity contribution in [3.05, 3.63) is 18.2 Å². The summed E-state index contributed by atoms with van der Waals surface area (Å²) < 4.78 is 5.28. The first kappa shape index (κ1) is 9.79. The number of nitrogen functional groups attached to an aromatic ring is 1. The molecule has 0 saturated carbocycles. The molecule has 0 aromatic heterocycles. The van der Waals surface area contributed by atoms with E-state index in [1.807, 2.05) is 0 Å². The zero-order chi connectivity index (χ0) is 10.8. The van der Waals surface area contributed by atoms with Gasteiger partial charge in [-0.1, -0.05) is 0 Å². The second-order valence-corrected chi connectivity index (χ2v) is 3.35. The zero-order valence-corrected chi connectivity index (χ0v) is 8.27. The van der Waals surface area contributed by atoms with Gasteiger partial charge < -0.3 is 21.1 Å². The number of fused-ring (bicyclic) bond motifs is 1. The van der Waals surface area contributed by atoms with Crippen LogP contribution in [0.1, 0.15) is 0 Å². The first-order chi connectivity index (χ1) is 7.22. The van der Waals surface area contributed by atoms with Crippen LogP contribution in [0.5, 0.6) is 5.75 Å². The molecule has 0 radical (unpaired) electrons. The van der Waals surface area contributed by atoms with Crippen LogP contribution < -0.4 is 21.1 Å². The number of carbonyl (C=O) groups is 1. The number of ether oxygens (including phenoxy) is 1. The Morgan fingerprint density at radius 3 is 3.00 bits per heavy atom. The molecule has 15 heavy (non-hydrogen) atoms. The van der Waals surface area contributed by atoms with Crippen molar-refractivity contribution in [1.82, 2.24) is 0 Å². The highest BCUT2D eigenvalue weighted by Gasteiger charge is 2.24. The molecule has 1 aromatic carbocycles. The third kappa shape index (κ3) is 1.73. The van der Waals surface area contributed by atoms with E-state index in [1.165, 1.54) is 0 Å². The standard InChI is InChI=1S/C10H13N3O2/c11-3-4-13-8-5-7(12)1-2-9(8)15-6-10(13)14/h1-2,5H,3-4,6,11-12H2. The number of hydrogen-bond donors (Lipinski definition) is 2. The van der Waals surface area contributed by atoms with Crippen LogP contribution in [0.15, 0.2) is 18.2 Å². The van der Waals surface area contributed by atoms with Crippen molar-refractivity contribution in [2.75, 3.05) is 30.3 Å². The molecule has 0 spiro atoms. The van der Waals surface area contributed by atoms with Crippen molar-refractivity contribution in [2.45, 2.75) is 0 Å². The molecule has 0 fully saturated rings. The maximum atomic E-state index is 11.6. The Balaban J connectivity index is 2.41. The van der Waals surface area contributed by atoms with E-state index >= 15 is 0 Å². The van der Waals surface area contributed by atoms with Crippen molar-refractivity contribution in [3.63, 3.8) is 0 Å². The Morgan fingerprint density at radius 1 is 1.47 bits per heavy atom. The number of rotatable bonds is 2. The summed E-state index contributed by atoms with van der Waals surface area (Å²) in [7, 11) is 0. The largest absolute Gasteiger partial charge is 0.482 e. The van der Waals surface area contributed by atoms with Crippen LogP contribution in [-0.2, 0) is 4.79 Å². The van der Waals surface area contributed by atoms with Crippen molar-refractivity contribution >= 4 is 17.3 Å². The van der Waals surface area contributed by atoms with Gasteiger partial charge in [0.15, 0.2) is 6.61 Å². The van der Waals surface area contributed by atoms with Gasteiger partial charge in [-0.3, -0.25) is 4.79 Å². The minimum absolute atomic E-state index is 0.0664. The van der Waals surface area contributed by atoms with Gasteiger partial charge in [0.2, 0.25) is 0 Å². The topological polar surface area (TPSA) is 81.6 Å². The molecule has 4 N–H and O–H groups in total. The van der Waals surface area contributed by atoms with Gasteiger partial charge >= 0.3 is 0 Å². The average molecular weight is 207 g/mol. The molecule has 5 nitrogen and oxygen atoms in total. The Morgan fingerprint density at radius 2 is 2.27 bits per heavy atom. The van der Waals surface area contributed by atoms with Gasteiger partial charge in [-0.25, -0.2) is 0 Å². The molecule has 1 heterocycles. The van der Waals surface area contributed by atoms with Gasteiger partial charge in [-0.15, -0.1) is 0 Å². The monoisotopic (exact) mass is 207 g/mol. The van der Waals surface area contributed by atoms with Crippen LogP contribution in [0.25, 0.3) is 0 Å². The van der Waals surface area contributed by atoms with Crippen LogP contribution in [0.4, 0.5) is 11.4 Å². The number of anilines is 2. The molecular weight excluding hydrogens is 194 g/mol. The number of carbonyl (C=O) groups excluding carboxylic acids is 1. The van der Waals surface area contributed by atoms with E-state index in [9.17, 15) is 4.79 Å². The van der Waals surface area contributed by atoms with E-state index in [-0.39, 0.29) is 12.5 Å². The summed E-state index contributed by atoms with van der Waals surface area (Å²) in [6.07, 6.45) is 0. The number of nitrogens with two attached hydrogens (primary N) is 2. The zero-order valence-electron chi connectivity index (χ0n) is 8.27. The Hall–Kier alpha value is -1.75. The Kier molecular flexibility index (Phi) is 2.47. The predicted molar refractivity (Wildman–Crippen MR) is 57.8 cm³/mol. The van der Waals surface area contributed by atoms with Gasteiger partial charge in [-0.2, -0.15) is 0 Å². The maximum absolute atomic E-state index is 11.6. The number of benzene rings is 1. The fourth-order valence-corrected chi connectivity index (χ4v) is 1.59. The third-order valence-corrected chi connectivity index (χ3v) is 2.28. The molecule has 5 heteroatoms. The van der Waals surface area contributed by atoms with E-state index < -0.39 is 0 Å². The number of amides is 1. The molecule has 0 atom stereocenters. The first-order valence-electron chi connectivity index (χ1n) is 4.75. The van der Waals surface area contributed by atoms with Crippen LogP contribution in [0, 0.1) is 0 Å². The molecule has 1 aliphatic rings. The van der Waals surface area contributed by atoms with Crippen LogP contribution in [0.2, 0.25) is 0 Å². The second-order valence-electron chi connectivity index (χ2n) is 3.35. The van der Waals surface area contributed by atoms with Gasteiger partial charge in [0.05, 0.1) is 5.69 Å². The molecule has 80 valence electrons. The lowest BCUT2D eigenvalue weighted by molar-refractivity contribution is -0.121. The number of nitrogens with zero attached hydrogens (tertiary/aromatic N) is 1. The predicted octanol–water partition coefficient (Wildman–Crippen LogP) is -0.0471. The van der Waals surface area contributed by atoms with Gasteiger partial charge in [0.25, 0.3) is 5.91 Å². The smallest absolute Gasteiger partial charge is 0.265 e. The molecular formula is C10H13N3O2.